The highest BCUT2D eigenvalue weighted by Crippen LogP contribution is 2.36. The molecule has 2 N–H and O–H groups in total. The number of rotatable bonds is 5. The van der Waals surface area contributed by atoms with Gasteiger partial charge in [0.05, 0.1) is 23.0 Å². The zero-order valence-corrected chi connectivity index (χ0v) is 15.4. The summed E-state index contributed by atoms with van der Waals surface area (Å²) in [5.41, 5.74) is 0.586. The van der Waals surface area contributed by atoms with Crippen LogP contribution in [-0.2, 0) is 19.1 Å². The maximum atomic E-state index is 13.6. The van der Waals surface area contributed by atoms with Crippen LogP contribution in [0.5, 0.6) is 0 Å². The van der Waals surface area contributed by atoms with Crippen molar-refractivity contribution in [2.24, 2.45) is 0 Å². The predicted molar refractivity (Wildman–Crippen MR) is 100 cm³/mol. The third-order valence-electron chi connectivity index (χ3n) is 3.63. The molecule has 1 atom stereocenters. The molecule has 0 saturated carbocycles. The van der Waals surface area contributed by atoms with Gasteiger partial charge in [-0.05, 0) is 30.3 Å². The standard InChI is InChI=1S/C18H14ClFN2O4S/c19-10-5-6-11(20)13(7-10)21-16(23)9-26-17(24)8-15-18(25)22-12-3-1-2-4-14(12)27-15/h1-7,15H,8-9H2,(H,21,23)(H,22,25)/t15-/m1/s1. The molecule has 1 aliphatic heterocycles. The molecule has 1 aliphatic rings. The van der Waals surface area contributed by atoms with Gasteiger partial charge in [-0.25, -0.2) is 4.39 Å². The molecule has 0 spiro atoms. The Kier molecular flexibility index (Phi) is 5.98. The molecule has 9 heteroatoms. The molecule has 0 aromatic heterocycles. The minimum atomic E-state index is -0.712. The number of benzene rings is 2. The molecule has 0 saturated heterocycles. The number of carbonyl (C=O) groups excluding carboxylic acids is 3. The van der Waals surface area contributed by atoms with Gasteiger partial charge in [-0.2, -0.15) is 0 Å². The third kappa shape index (κ3) is 4.99. The number of ether oxygens (including phenoxy) is 1. The Morgan fingerprint density at radius 2 is 2.04 bits per heavy atom. The van der Waals surface area contributed by atoms with Crippen molar-refractivity contribution in [2.75, 3.05) is 17.2 Å². The number of hydrogen-bond donors (Lipinski definition) is 2. The highest BCUT2D eigenvalue weighted by Gasteiger charge is 2.29. The number of nitrogens with one attached hydrogen (secondary N) is 2. The lowest BCUT2D eigenvalue weighted by Crippen LogP contribution is -2.32. The number of esters is 1. The van der Waals surface area contributed by atoms with E-state index in [2.05, 4.69) is 10.6 Å². The summed E-state index contributed by atoms with van der Waals surface area (Å²) in [5.74, 6) is -2.38. The van der Waals surface area contributed by atoms with E-state index in [1.165, 1.54) is 23.9 Å². The first-order valence-electron chi connectivity index (χ1n) is 7.89. The van der Waals surface area contributed by atoms with Crippen LogP contribution in [0.25, 0.3) is 0 Å². The highest BCUT2D eigenvalue weighted by molar-refractivity contribution is 8.01. The van der Waals surface area contributed by atoms with Crippen LogP contribution in [0.1, 0.15) is 6.42 Å². The van der Waals surface area contributed by atoms with E-state index in [-0.39, 0.29) is 23.0 Å². The summed E-state index contributed by atoms with van der Waals surface area (Å²) >= 11 is 7.00. The predicted octanol–water partition coefficient (Wildman–Crippen LogP) is 3.46. The van der Waals surface area contributed by atoms with Gasteiger partial charge in [0.15, 0.2) is 6.61 Å². The van der Waals surface area contributed by atoms with E-state index in [1.54, 1.807) is 12.1 Å². The Labute approximate surface area is 163 Å². The van der Waals surface area contributed by atoms with E-state index in [9.17, 15) is 18.8 Å². The van der Waals surface area contributed by atoms with Gasteiger partial charge in [0, 0.05) is 9.92 Å². The van der Waals surface area contributed by atoms with E-state index >= 15 is 0 Å². The molecular formula is C18H14ClFN2O4S. The van der Waals surface area contributed by atoms with Crippen molar-refractivity contribution in [3.05, 3.63) is 53.3 Å². The number of carbonyl (C=O) groups is 3. The fourth-order valence-corrected chi connectivity index (χ4v) is 3.63. The molecular weight excluding hydrogens is 395 g/mol. The van der Waals surface area contributed by atoms with Crippen LogP contribution in [-0.4, -0.2) is 29.6 Å². The van der Waals surface area contributed by atoms with Gasteiger partial charge < -0.3 is 15.4 Å². The lowest BCUT2D eigenvalue weighted by molar-refractivity contribution is -0.147. The molecule has 0 bridgehead atoms. The van der Waals surface area contributed by atoms with Crippen LogP contribution in [0.15, 0.2) is 47.4 Å². The summed E-state index contributed by atoms with van der Waals surface area (Å²) in [6.07, 6.45) is -0.191. The van der Waals surface area contributed by atoms with Gasteiger partial charge in [0.2, 0.25) is 5.91 Å². The molecule has 27 heavy (non-hydrogen) atoms. The molecule has 0 radical (unpaired) electrons. The molecule has 2 aromatic carbocycles. The number of halogens is 2. The van der Waals surface area contributed by atoms with E-state index in [1.807, 2.05) is 12.1 Å². The molecule has 140 valence electrons. The normalized spacial score (nSPS) is 15.5. The number of fused-ring (bicyclic) bond motifs is 1. The maximum absolute atomic E-state index is 13.6. The van der Waals surface area contributed by atoms with Crippen LogP contribution < -0.4 is 10.6 Å². The maximum Gasteiger partial charge on any atom is 0.307 e. The fourth-order valence-electron chi connectivity index (χ4n) is 2.36. The van der Waals surface area contributed by atoms with Crippen molar-refractivity contribution in [3.63, 3.8) is 0 Å². The van der Waals surface area contributed by atoms with Crippen molar-refractivity contribution in [3.8, 4) is 0 Å². The molecule has 2 amide bonds. The average molecular weight is 409 g/mol. The van der Waals surface area contributed by atoms with Gasteiger partial charge in [-0.1, -0.05) is 23.7 Å². The van der Waals surface area contributed by atoms with Crippen molar-refractivity contribution in [2.45, 2.75) is 16.6 Å². The average Bonchev–Trinajstić information content (AvgIpc) is 2.64. The second-order valence-electron chi connectivity index (χ2n) is 5.63. The smallest absolute Gasteiger partial charge is 0.307 e. The van der Waals surface area contributed by atoms with E-state index in [4.69, 9.17) is 16.3 Å². The summed E-state index contributed by atoms with van der Waals surface area (Å²) in [5, 5.41) is 4.60. The van der Waals surface area contributed by atoms with E-state index < -0.39 is 29.6 Å². The van der Waals surface area contributed by atoms with Crippen LogP contribution in [0.3, 0.4) is 0 Å². The summed E-state index contributed by atoms with van der Waals surface area (Å²) in [6.45, 7) is -0.597. The van der Waals surface area contributed by atoms with E-state index in [0.717, 1.165) is 11.0 Å². The summed E-state index contributed by atoms with van der Waals surface area (Å²) < 4.78 is 18.5. The van der Waals surface area contributed by atoms with Crippen LogP contribution in [0, 0.1) is 5.82 Å². The first-order chi connectivity index (χ1) is 12.9. The lowest BCUT2D eigenvalue weighted by Gasteiger charge is -2.23. The Morgan fingerprint density at radius 3 is 2.85 bits per heavy atom. The first-order valence-corrected chi connectivity index (χ1v) is 9.15. The molecule has 3 rings (SSSR count). The zero-order chi connectivity index (χ0) is 19.4. The first kappa shape index (κ1) is 19.2. The van der Waals surface area contributed by atoms with Crippen LogP contribution in [0.4, 0.5) is 15.8 Å². The topological polar surface area (TPSA) is 84.5 Å². The van der Waals surface area contributed by atoms with Gasteiger partial charge >= 0.3 is 5.97 Å². The van der Waals surface area contributed by atoms with Gasteiger partial charge in [0.25, 0.3) is 5.91 Å². The Balaban J connectivity index is 1.50. The number of hydrogen-bond acceptors (Lipinski definition) is 5. The Hall–Kier alpha value is -2.58. The minimum Gasteiger partial charge on any atom is -0.456 e. The Morgan fingerprint density at radius 1 is 1.26 bits per heavy atom. The minimum absolute atomic E-state index is 0.109. The summed E-state index contributed by atoms with van der Waals surface area (Å²) in [6, 6.07) is 10.9. The SMILES string of the molecule is O=C(COC(=O)C[C@H]1Sc2ccccc2NC1=O)Nc1cc(Cl)ccc1F. The number of para-hydroxylation sites is 1. The van der Waals surface area contributed by atoms with Crippen molar-refractivity contribution >= 4 is 52.5 Å². The molecule has 0 aliphatic carbocycles. The zero-order valence-electron chi connectivity index (χ0n) is 13.8. The van der Waals surface area contributed by atoms with Gasteiger partial charge in [-0.15, -0.1) is 11.8 Å². The Bertz CT molecular complexity index is 909. The van der Waals surface area contributed by atoms with E-state index in [0.29, 0.717) is 5.69 Å². The molecule has 0 unspecified atom stereocenters. The van der Waals surface area contributed by atoms with Crippen molar-refractivity contribution < 1.29 is 23.5 Å². The molecule has 2 aromatic rings. The number of amides is 2. The second kappa shape index (κ2) is 8.41. The van der Waals surface area contributed by atoms with Crippen LogP contribution in [0.2, 0.25) is 5.02 Å². The van der Waals surface area contributed by atoms with Crippen molar-refractivity contribution in [1.29, 1.82) is 0 Å². The fraction of sp³-hybridized carbons (Fsp3) is 0.167. The highest BCUT2D eigenvalue weighted by atomic mass is 35.5. The second-order valence-corrected chi connectivity index (χ2v) is 7.31. The summed E-state index contributed by atoms with van der Waals surface area (Å²) in [7, 11) is 0. The summed E-state index contributed by atoms with van der Waals surface area (Å²) in [4.78, 5) is 36.7. The molecule has 1 heterocycles. The monoisotopic (exact) mass is 408 g/mol. The largest absolute Gasteiger partial charge is 0.456 e. The molecule has 6 nitrogen and oxygen atoms in total. The lowest BCUT2D eigenvalue weighted by atomic mass is 10.2. The van der Waals surface area contributed by atoms with Gasteiger partial charge in [-0.3, -0.25) is 14.4 Å². The third-order valence-corrected chi connectivity index (χ3v) is 5.14. The number of anilines is 2. The number of thioether (sulfide) groups is 1. The van der Waals surface area contributed by atoms with Crippen molar-refractivity contribution in [1.82, 2.24) is 0 Å². The van der Waals surface area contributed by atoms with Gasteiger partial charge in [0.1, 0.15) is 5.82 Å². The quantitative estimate of drug-likeness (QED) is 0.740. The van der Waals surface area contributed by atoms with Crippen LogP contribution >= 0.6 is 23.4 Å². The molecule has 0 fully saturated rings.